The molecule has 0 bridgehead atoms. The lowest BCUT2D eigenvalue weighted by molar-refractivity contribution is 0.884. The minimum Gasteiger partial charge on any atom is -0.396 e. The fourth-order valence-electron chi connectivity index (χ4n) is 2.00. The van der Waals surface area contributed by atoms with Crippen LogP contribution >= 0.6 is 31.9 Å². The Morgan fingerprint density at radius 1 is 0.950 bits per heavy atom. The summed E-state index contributed by atoms with van der Waals surface area (Å²) < 4.78 is 3.80. The molecule has 20 heavy (non-hydrogen) atoms. The highest BCUT2D eigenvalue weighted by Crippen LogP contribution is 2.28. The molecule has 0 aliphatic rings. The molecule has 1 aromatic heterocycles. The van der Waals surface area contributed by atoms with Crippen LogP contribution in [0.1, 0.15) is 0 Å². The molecule has 0 amide bonds. The Hall–Kier alpha value is -1.59. The maximum absolute atomic E-state index is 6.09. The monoisotopic (exact) mass is 391 g/mol. The molecular formula is C15H11Br2N3. The third-order valence-electron chi connectivity index (χ3n) is 2.91. The second kappa shape index (κ2) is 5.42. The first-order valence-corrected chi connectivity index (χ1v) is 7.59. The Morgan fingerprint density at radius 3 is 2.35 bits per heavy atom. The van der Waals surface area contributed by atoms with Crippen molar-refractivity contribution in [2.75, 3.05) is 5.73 Å². The summed E-state index contributed by atoms with van der Waals surface area (Å²) in [6.45, 7) is 0. The van der Waals surface area contributed by atoms with Gasteiger partial charge in [-0.2, -0.15) is 5.10 Å². The number of anilines is 1. The lowest BCUT2D eigenvalue weighted by Crippen LogP contribution is -1.94. The van der Waals surface area contributed by atoms with E-state index in [4.69, 9.17) is 5.73 Å². The Morgan fingerprint density at radius 2 is 1.65 bits per heavy atom. The number of nitrogens with two attached hydrogens (primary N) is 1. The highest BCUT2D eigenvalue weighted by Gasteiger charge is 2.10. The number of benzene rings is 2. The van der Waals surface area contributed by atoms with E-state index in [2.05, 4.69) is 37.0 Å². The van der Waals surface area contributed by atoms with Gasteiger partial charge in [0.2, 0.25) is 0 Å². The SMILES string of the molecule is Nc1cn(-c2cccc(Br)c2)nc1-c1cccc(Br)c1. The molecule has 3 rings (SSSR count). The third-order valence-corrected chi connectivity index (χ3v) is 3.90. The van der Waals surface area contributed by atoms with Gasteiger partial charge in [-0.1, -0.05) is 50.1 Å². The summed E-state index contributed by atoms with van der Waals surface area (Å²) in [5, 5.41) is 4.58. The van der Waals surface area contributed by atoms with E-state index in [0.717, 1.165) is 25.9 Å². The number of nitrogen functional groups attached to an aromatic ring is 1. The van der Waals surface area contributed by atoms with E-state index in [1.165, 1.54) is 0 Å². The second-order valence-corrected chi connectivity index (χ2v) is 6.20. The minimum absolute atomic E-state index is 0.656. The summed E-state index contributed by atoms with van der Waals surface area (Å²) in [5.74, 6) is 0. The predicted octanol–water partition coefficient (Wildman–Crippen LogP) is 4.65. The zero-order valence-corrected chi connectivity index (χ0v) is 13.6. The van der Waals surface area contributed by atoms with E-state index in [9.17, 15) is 0 Å². The van der Waals surface area contributed by atoms with Gasteiger partial charge < -0.3 is 5.73 Å². The third kappa shape index (κ3) is 2.64. The van der Waals surface area contributed by atoms with Crippen LogP contribution in [0.4, 0.5) is 5.69 Å². The van der Waals surface area contributed by atoms with E-state index >= 15 is 0 Å². The lowest BCUT2D eigenvalue weighted by Gasteiger charge is -2.01. The van der Waals surface area contributed by atoms with Gasteiger partial charge in [0.25, 0.3) is 0 Å². The van der Waals surface area contributed by atoms with Gasteiger partial charge in [0, 0.05) is 14.5 Å². The van der Waals surface area contributed by atoms with Crippen molar-refractivity contribution in [2.24, 2.45) is 0 Å². The average molecular weight is 393 g/mol. The molecule has 0 unspecified atom stereocenters. The van der Waals surface area contributed by atoms with Crippen molar-refractivity contribution in [3.63, 3.8) is 0 Å². The van der Waals surface area contributed by atoms with E-state index in [0.29, 0.717) is 5.69 Å². The smallest absolute Gasteiger partial charge is 0.116 e. The van der Waals surface area contributed by atoms with Crippen molar-refractivity contribution in [1.29, 1.82) is 0 Å². The first-order chi connectivity index (χ1) is 9.63. The van der Waals surface area contributed by atoms with Crippen LogP contribution in [0.25, 0.3) is 16.9 Å². The van der Waals surface area contributed by atoms with Gasteiger partial charge in [0.05, 0.1) is 17.6 Å². The number of hydrogen-bond donors (Lipinski definition) is 1. The Kier molecular flexibility index (Phi) is 3.63. The molecule has 0 atom stereocenters. The summed E-state index contributed by atoms with van der Waals surface area (Å²) >= 11 is 6.92. The summed E-state index contributed by atoms with van der Waals surface area (Å²) in [7, 11) is 0. The standard InChI is InChI=1S/C15H11Br2N3/c16-11-4-1-3-10(7-11)15-14(18)9-20(19-15)13-6-2-5-12(17)8-13/h1-9H,18H2. The van der Waals surface area contributed by atoms with Crippen LogP contribution in [-0.4, -0.2) is 9.78 Å². The van der Waals surface area contributed by atoms with Gasteiger partial charge in [-0.3, -0.25) is 0 Å². The summed E-state index contributed by atoms with van der Waals surface area (Å²) in [5.41, 5.74) is 9.48. The van der Waals surface area contributed by atoms with Crippen LogP contribution < -0.4 is 5.73 Å². The maximum atomic E-state index is 6.09. The first-order valence-electron chi connectivity index (χ1n) is 6.00. The zero-order chi connectivity index (χ0) is 14.1. The molecule has 0 saturated heterocycles. The molecule has 2 N–H and O–H groups in total. The number of hydrogen-bond acceptors (Lipinski definition) is 2. The Balaban J connectivity index is 2.08. The lowest BCUT2D eigenvalue weighted by atomic mass is 10.1. The van der Waals surface area contributed by atoms with Crippen molar-refractivity contribution in [3.8, 4) is 16.9 Å². The number of halogens is 2. The highest BCUT2D eigenvalue weighted by atomic mass is 79.9. The van der Waals surface area contributed by atoms with Crippen LogP contribution in [0.3, 0.4) is 0 Å². The molecule has 2 aromatic carbocycles. The molecule has 0 radical (unpaired) electrons. The summed E-state index contributed by atoms with van der Waals surface area (Å²) in [6.07, 6.45) is 1.83. The van der Waals surface area contributed by atoms with Crippen LogP contribution in [0.2, 0.25) is 0 Å². The van der Waals surface area contributed by atoms with Crippen molar-refractivity contribution in [3.05, 3.63) is 63.7 Å². The zero-order valence-electron chi connectivity index (χ0n) is 10.4. The highest BCUT2D eigenvalue weighted by molar-refractivity contribution is 9.10. The Bertz CT molecular complexity index is 765. The van der Waals surface area contributed by atoms with E-state index < -0.39 is 0 Å². The van der Waals surface area contributed by atoms with Crippen LogP contribution in [0, 0.1) is 0 Å². The van der Waals surface area contributed by atoms with Crippen molar-refractivity contribution in [1.82, 2.24) is 9.78 Å². The van der Waals surface area contributed by atoms with Crippen molar-refractivity contribution in [2.45, 2.75) is 0 Å². The van der Waals surface area contributed by atoms with E-state index in [1.807, 2.05) is 54.7 Å². The summed E-state index contributed by atoms with van der Waals surface area (Å²) in [6, 6.07) is 15.9. The van der Waals surface area contributed by atoms with Crippen molar-refractivity contribution < 1.29 is 0 Å². The second-order valence-electron chi connectivity index (χ2n) is 4.37. The van der Waals surface area contributed by atoms with E-state index in [-0.39, 0.29) is 0 Å². The molecule has 100 valence electrons. The fraction of sp³-hybridized carbons (Fsp3) is 0. The first kappa shape index (κ1) is 13.4. The molecule has 0 fully saturated rings. The largest absolute Gasteiger partial charge is 0.396 e. The van der Waals surface area contributed by atoms with Gasteiger partial charge in [-0.25, -0.2) is 4.68 Å². The maximum Gasteiger partial charge on any atom is 0.116 e. The van der Waals surface area contributed by atoms with Gasteiger partial charge >= 0.3 is 0 Å². The van der Waals surface area contributed by atoms with Crippen LogP contribution in [0.5, 0.6) is 0 Å². The number of rotatable bonds is 2. The molecular weight excluding hydrogens is 382 g/mol. The molecule has 5 heteroatoms. The molecule has 0 aliphatic carbocycles. The molecule has 0 saturated carbocycles. The molecule has 3 nitrogen and oxygen atoms in total. The minimum atomic E-state index is 0.656. The molecule has 0 aliphatic heterocycles. The number of aromatic nitrogens is 2. The summed E-state index contributed by atoms with van der Waals surface area (Å²) in [4.78, 5) is 0. The van der Waals surface area contributed by atoms with Gasteiger partial charge in [0.1, 0.15) is 5.69 Å². The average Bonchev–Trinajstić information content (AvgIpc) is 2.81. The predicted molar refractivity (Wildman–Crippen MR) is 88.8 cm³/mol. The molecule has 1 heterocycles. The quantitative estimate of drug-likeness (QED) is 0.689. The van der Waals surface area contributed by atoms with Gasteiger partial charge in [0.15, 0.2) is 0 Å². The van der Waals surface area contributed by atoms with Gasteiger partial charge in [-0.05, 0) is 30.3 Å². The van der Waals surface area contributed by atoms with Crippen LogP contribution in [0.15, 0.2) is 63.7 Å². The molecule has 0 spiro atoms. The van der Waals surface area contributed by atoms with Crippen LogP contribution in [-0.2, 0) is 0 Å². The van der Waals surface area contributed by atoms with Gasteiger partial charge in [-0.15, -0.1) is 0 Å². The molecule has 3 aromatic rings. The normalized spacial score (nSPS) is 10.7. The van der Waals surface area contributed by atoms with Crippen molar-refractivity contribution >= 4 is 37.5 Å². The van der Waals surface area contributed by atoms with E-state index in [1.54, 1.807) is 4.68 Å². The fourth-order valence-corrected chi connectivity index (χ4v) is 2.78. The number of nitrogens with zero attached hydrogens (tertiary/aromatic N) is 2. The topological polar surface area (TPSA) is 43.8 Å². The Labute approximate surface area is 133 Å².